The van der Waals surface area contributed by atoms with Crippen LogP contribution in [0.4, 0.5) is 5.82 Å². The van der Waals surface area contributed by atoms with Gasteiger partial charge in [-0.3, -0.25) is 9.89 Å². The fourth-order valence-electron chi connectivity index (χ4n) is 2.47. The molecule has 136 valence electrons. The second-order valence-electron chi connectivity index (χ2n) is 6.48. The molecule has 2 aromatic rings. The van der Waals surface area contributed by atoms with Crippen molar-refractivity contribution in [3.63, 3.8) is 0 Å². The summed E-state index contributed by atoms with van der Waals surface area (Å²) in [5.41, 5.74) is 2.09. The topological polar surface area (TPSA) is 76.2 Å². The van der Waals surface area contributed by atoms with E-state index in [0.717, 1.165) is 42.0 Å². The lowest BCUT2D eigenvalue weighted by atomic mass is 10.1. The largest absolute Gasteiger partial charge is 0.497 e. The quantitative estimate of drug-likeness (QED) is 0.728. The average Bonchev–Trinajstić information content (AvgIpc) is 3.05. The van der Waals surface area contributed by atoms with Crippen LogP contribution < -0.4 is 14.8 Å². The zero-order valence-electron chi connectivity index (χ0n) is 15.4. The molecule has 6 heteroatoms. The van der Waals surface area contributed by atoms with Gasteiger partial charge in [-0.15, -0.1) is 0 Å². The fourth-order valence-corrected chi connectivity index (χ4v) is 2.47. The molecule has 0 spiro atoms. The van der Waals surface area contributed by atoms with Gasteiger partial charge in [0.25, 0.3) is 0 Å². The summed E-state index contributed by atoms with van der Waals surface area (Å²) < 4.78 is 10.6. The number of hydrogen-bond donors (Lipinski definition) is 2. The standard InChI is InChI=1S/C19H27N3O3/c1-13(2)5-8-19(23)20-18-11-15(21-22-18)7-6-14-9-16(24-3)12-17(10-14)25-4/h9-13H,5-8H2,1-4H3,(H2,20,21,22,23). The van der Waals surface area contributed by atoms with E-state index in [0.29, 0.717) is 18.2 Å². The lowest BCUT2D eigenvalue weighted by Gasteiger charge is -2.08. The van der Waals surface area contributed by atoms with Crippen LogP contribution in [-0.2, 0) is 17.6 Å². The maximum Gasteiger partial charge on any atom is 0.225 e. The molecule has 6 nitrogen and oxygen atoms in total. The van der Waals surface area contributed by atoms with Crippen LogP contribution >= 0.6 is 0 Å². The summed E-state index contributed by atoms with van der Waals surface area (Å²) in [7, 11) is 3.28. The van der Waals surface area contributed by atoms with E-state index < -0.39 is 0 Å². The van der Waals surface area contributed by atoms with Crippen molar-refractivity contribution in [1.29, 1.82) is 0 Å². The molecule has 0 saturated carbocycles. The molecule has 0 bridgehead atoms. The highest BCUT2D eigenvalue weighted by atomic mass is 16.5. The number of anilines is 1. The van der Waals surface area contributed by atoms with Gasteiger partial charge in [0.15, 0.2) is 5.82 Å². The van der Waals surface area contributed by atoms with Crippen LogP contribution in [0.2, 0.25) is 0 Å². The monoisotopic (exact) mass is 345 g/mol. The number of hydrogen-bond acceptors (Lipinski definition) is 4. The molecule has 1 aromatic carbocycles. The number of carbonyl (C=O) groups is 1. The lowest BCUT2D eigenvalue weighted by Crippen LogP contribution is -2.12. The summed E-state index contributed by atoms with van der Waals surface area (Å²) in [6.45, 7) is 4.21. The Labute approximate surface area is 148 Å². The van der Waals surface area contributed by atoms with Gasteiger partial charge in [0.05, 0.1) is 14.2 Å². The Kier molecular flexibility index (Phi) is 6.86. The molecule has 0 unspecified atom stereocenters. The molecule has 2 N–H and O–H groups in total. The number of nitrogens with one attached hydrogen (secondary N) is 2. The Morgan fingerprint density at radius 2 is 1.80 bits per heavy atom. The normalized spacial score (nSPS) is 10.8. The van der Waals surface area contributed by atoms with E-state index in [1.54, 1.807) is 14.2 Å². The number of amides is 1. The van der Waals surface area contributed by atoms with Crippen molar-refractivity contribution in [2.75, 3.05) is 19.5 Å². The minimum Gasteiger partial charge on any atom is -0.497 e. The van der Waals surface area contributed by atoms with Gasteiger partial charge in [-0.2, -0.15) is 5.10 Å². The predicted octanol–water partition coefficient (Wildman–Crippen LogP) is 3.59. The summed E-state index contributed by atoms with van der Waals surface area (Å²) in [5, 5.41) is 9.96. The first-order chi connectivity index (χ1) is 12.0. The number of aromatic nitrogens is 2. The number of H-pyrrole nitrogens is 1. The summed E-state index contributed by atoms with van der Waals surface area (Å²) in [6.07, 6.45) is 2.99. The molecule has 0 saturated heterocycles. The molecule has 1 amide bonds. The van der Waals surface area contributed by atoms with E-state index in [-0.39, 0.29) is 5.91 Å². The molecule has 0 fully saturated rings. The molecule has 0 aliphatic heterocycles. The maximum atomic E-state index is 11.9. The van der Waals surface area contributed by atoms with Crippen molar-refractivity contribution in [3.8, 4) is 11.5 Å². The third kappa shape index (κ3) is 6.14. The summed E-state index contributed by atoms with van der Waals surface area (Å²) >= 11 is 0. The predicted molar refractivity (Wildman–Crippen MR) is 98.2 cm³/mol. The summed E-state index contributed by atoms with van der Waals surface area (Å²) in [4.78, 5) is 11.9. The molecule has 0 aliphatic rings. The van der Waals surface area contributed by atoms with E-state index in [1.165, 1.54) is 0 Å². The molecule has 25 heavy (non-hydrogen) atoms. The molecular formula is C19H27N3O3. The lowest BCUT2D eigenvalue weighted by molar-refractivity contribution is -0.116. The van der Waals surface area contributed by atoms with Gasteiger partial charge in [-0.1, -0.05) is 13.8 Å². The maximum absolute atomic E-state index is 11.9. The van der Waals surface area contributed by atoms with Crippen LogP contribution in [0, 0.1) is 5.92 Å². The zero-order chi connectivity index (χ0) is 18.2. The van der Waals surface area contributed by atoms with E-state index in [4.69, 9.17) is 9.47 Å². The van der Waals surface area contributed by atoms with Crippen molar-refractivity contribution in [3.05, 3.63) is 35.5 Å². The first-order valence-electron chi connectivity index (χ1n) is 8.56. The number of methoxy groups -OCH3 is 2. The van der Waals surface area contributed by atoms with Crippen molar-refractivity contribution in [2.24, 2.45) is 5.92 Å². The number of rotatable bonds is 9. The molecular weight excluding hydrogens is 318 g/mol. The van der Waals surface area contributed by atoms with Crippen molar-refractivity contribution in [2.45, 2.75) is 39.5 Å². The third-order valence-corrected chi connectivity index (χ3v) is 3.94. The smallest absolute Gasteiger partial charge is 0.225 e. The second-order valence-corrected chi connectivity index (χ2v) is 6.48. The van der Waals surface area contributed by atoms with E-state index in [2.05, 4.69) is 29.4 Å². The highest BCUT2D eigenvalue weighted by Gasteiger charge is 2.08. The molecule has 0 aliphatic carbocycles. The number of aryl methyl sites for hydroxylation is 2. The SMILES string of the molecule is COc1cc(CCc2cc(NC(=O)CCC(C)C)n[nH]2)cc(OC)c1. The minimum absolute atomic E-state index is 0.00396. The van der Waals surface area contributed by atoms with E-state index in [1.807, 2.05) is 24.3 Å². The number of aromatic amines is 1. The fraction of sp³-hybridized carbons (Fsp3) is 0.474. The van der Waals surface area contributed by atoms with Crippen LogP contribution in [0.1, 0.15) is 37.9 Å². The zero-order valence-corrected chi connectivity index (χ0v) is 15.4. The molecule has 2 rings (SSSR count). The summed E-state index contributed by atoms with van der Waals surface area (Å²) in [6, 6.07) is 7.72. The number of carbonyl (C=O) groups excluding carboxylic acids is 1. The molecule has 1 aromatic heterocycles. The molecule has 0 atom stereocenters. The minimum atomic E-state index is 0.00396. The van der Waals surface area contributed by atoms with Gasteiger partial charge in [-0.05, 0) is 42.9 Å². The van der Waals surface area contributed by atoms with Crippen molar-refractivity contribution >= 4 is 11.7 Å². The average molecular weight is 345 g/mol. The van der Waals surface area contributed by atoms with Gasteiger partial charge in [-0.25, -0.2) is 0 Å². The number of ether oxygens (including phenoxy) is 2. The summed E-state index contributed by atoms with van der Waals surface area (Å²) in [5.74, 6) is 2.64. The van der Waals surface area contributed by atoms with E-state index in [9.17, 15) is 4.79 Å². The Bertz CT molecular complexity index is 673. The first-order valence-corrected chi connectivity index (χ1v) is 8.56. The first kappa shape index (κ1) is 18.8. The molecule has 1 heterocycles. The second kappa shape index (κ2) is 9.11. The van der Waals surface area contributed by atoms with Gasteiger partial charge < -0.3 is 14.8 Å². The van der Waals surface area contributed by atoms with E-state index >= 15 is 0 Å². The van der Waals surface area contributed by atoms with Crippen LogP contribution in [0.25, 0.3) is 0 Å². The van der Waals surface area contributed by atoms with Gasteiger partial charge in [0.1, 0.15) is 11.5 Å². The Morgan fingerprint density at radius 1 is 1.12 bits per heavy atom. The van der Waals surface area contributed by atoms with Gasteiger partial charge in [0, 0.05) is 24.2 Å². The third-order valence-electron chi connectivity index (χ3n) is 3.94. The van der Waals surface area contributed by atoms with Gasteiger partial charge >= 0.3 is 0 Å². The highest BCUT2D eigenvalue weighted by Crippen LogP contribution is 2.23. The van der Waals surface area contributed by atoms with Crippen LogP contribution in [0.5, 0.6) is 11.5 Å². The van der Waals surface area contributed by atoms with Crippen molar-refractivity contribution in [1.82, 2.24) is 10.2 Å². The highest BCUT2D eigenvalue weighted by molar-refractivity contribution is 5.89. The Hall–Kier alpha value is -2.50. The van der Waals surface area contributed by atoms with Crippen LogP contribution in [0.15, 0.2) is 24.3 Å². The number of nitrogens with zero attached hydrogens (tertiary/aromatic N) is 1. The van der Waals surface area contributed by atoms with Crippen LogP contribution in [-0.4, -0.2) is 30.3 Å². The number of benzene rings is 1. The van der Waals surface area contributed by atoms with Gasteiger partial charge in [0.2, 0.25) is 5.91 Å². The van der Waals surface area contributed by atoms with Crippen molar-refractivity contribution < 1.29 is 14.3 Å². The molecule has 0 radical (unpaired) electrons. The van der Waals surface area contributed by atoms with Crippen LogP contribution in [0.3, 0.4) is 0 Å². The Balaban J connectivity index is 1.90. The Morgan fingerprint density at radius 3 is 2.40 bits per heavy atom.